The van der Waals surface area contributed by atoms with Gasteiger partial charge >= 0.3 is 0 Å². The average Bonchev–Trinajstić information content (AvgIpc) is 3.56. The summed E-state index contributed by atoms with van der Waals surface area (Å²) in [6.07, 6.45) is 5.80. The van der Waals surface area contributed by atoms with E-state index in [1.807, 2.05) is 65.4 Å². The fourth-order valence-corrected chi connectivity index (χ4v) is 4.06. The van der Waals surface area contributed by atoms with Crippen molar-refractivity contribution in [3.05, 3.63) is 115 Å². The number of aromatic amines is 1. The number of H-pyrrole nitrogens is 1. The van der Waals surface area contributed by atoms with Gasteiger partial charge in [-0.1, -0.05) is 54.6 Å². The Morgan fingerprint density at radius 1 is 0.806 bits per heavy atom. The van der Waals surface area contributed by atoms with Crippen LogP contribution in [0.2, 0.25) is 0 Å². The monoisotopic (exact) mass is 473 g/mol. The summed E-state index contributed by atoms with van der Waals surface area (Å²) >= 11 is 0. The van der Waals surface area contributed by atoms with Crippen molar-refractivity contribution in [3.8, 4) is 5.95 Å². The molecule has 36 heavy (non-hydrogen) atoms. The third kappa shape index (κ3) is 4.62. The van der Waals surface area contributed by atoms with E-state index in [0.717, 1.165) is 33.7 Å². The lowest BCUT2D eigenvalue weighted by molar-refractivity contribution is 0.909. The summed E-state index contributed by atoms with van der Waals surface area (Å²) in [7, 11) is 0. The highest BCUT2D eigenvalue weighted by Gasteiger charge is 2.15. The standard InChI is InChI=1S/C27H23N9/c1-2-7-19(8-3-1)17-30-26-34-22-11-4-5-12-23(22)36(26)27-32-18-31-25(35-27)33-21-10-6-9-20(15-21)16-24-28-13-14-29-24/h1-15,18H,16-17H2,(H,28,29)(H,30,34)(H,31,32,33,35). The normalized spacial score (nSPS) is 11.0. The zero-order valence-electron chi connectivity index (χ0n) is 19.3. The summed E-state index contributed by atoms with van der Waals surface area (Å²) < 4.78 is 1.92. The van der Waals surface area contributed by atoms with Crippen molar-refractivity contribution >= 4 is 28.6 Å². The molecule has 3 aromatic heterocycles. The number of anilines is 3. The van der Waals surface area contributed by atoms with E-state index in [1.165, 1.54) is 6.33 Å². The second-order valence-corrected chi connectivity index (χ2v) is 8.25. The Morgan fingerprint density at radius 2 is 1.67 bits per heavy atom. The molecule has 0 atom stereocenters. The van der Waals surface area contributed by atoms with Crippen molar-refractivity contribution in [2.24, 2.45) is 0 Å². The Morgan fingerprint density at radius 3 is 2.56 bits per heavy atom. The van der Waals surface area contributed by atoms with Gasteiger partial charge in [0.1, 0.15) is 12.2 Å². The molecular weight excluding hydrogens is 450 g/mol. The van der Waals surface area contributed by atoms with Crippen molar-refractivity contribution in [2.75, 3.05) is 10.6 Å². The Balaban J connectivity index is 1.29. The van der Waals surface area contributed by atoms with E-state index in [9.17, 15) is 0 Å². The second-order valence-electron chi connectivity index (χ2n) is 8.25. The van der Waals surface area contributed by atoms with Gasteiger partial charge in [-0.3, -0.25) is 0 Å². The van der Waals surface area contributed by atoms with Crippen LogP contribution in [0.15, 0.2) is 97.6 Å². The molecule has 0 aliphatic heterocycles. The Bertz CT molecular complexity index is 1590. The maximum absolute atomic E-state index is 4.79. The lowest BCUT2D eigenvalue weighted by Crippen LogP contribution is -2.10. The number of nitrogens with zero attached hydrogens (tertiary/aromatic N) is 6. The molecule has 9 nitrogen and oxygen atoms in total. The molecule has 0 unspecified atom stereocenters. The van der Waals surface area contributed by atoms with Crippen molar-refractivity contribution in [1.82, 2.24) is 34.5 Å². The third-order valence-electron chi connectivity index (χ3n) is 5.72. The molecule has 3 N–H and O–H groups in total. The van der Waals surface area contributed by atoms with Crippen LogP contribution in [0.5, 0.6) is 0 Å². The first-order chi connectivity index (χ1) is 17.8. The molecule has 9 heteroatoms. The molecule has 0 amide bonds. The summed E-state index contributed by atoms with van der Waals surface area (Å²) in [4.78, 5) is 25.8. The van der Waals surface area contributed by atoms with Gasteiger partial charge in [-0.2, -0.15) is 4.98 Å². The number of rotatable bonds is 8. The van der Waals surface area contributed by atoms with E-state index >= 15 is 0 Å². The molecule has 0 radical (unpaired) electrons. The Labute approximate surface area is 207 Å². The highest BCUT2D eigenvalue weighted by molar-refractivity contribution is 5.80. The minimum absolute atomic E-state index is 0.446. The maximum Gasteiger partial charge on any atom is 0.241 e. The number of nitrogens with one attached hydrogen (secondary N) is 3. The fourth-order valence-electron chi connectivity index (χ4n) is 4.06. The SMILES string of the molecule is c1ccc(CNc2nc3ccccc3n2-c2ncnc(Nc3cccc(Cc4ncc[nH]4)c3)n2)cc1. The number of benzene rings is 3. The van der Waals surface area contributed by atoms with Crippen LogP contribution in [-0.2, 0) is 13.0 Å². The predicted octanol–water partition coefficient (Wildman–Crippen LogP) is 4.88. The van der Waals surface area contributed by atoms with Gasteiger partial charge in [-0.15, -0.1) is 0 Å². The van der Waals surface area contributed by atoms with Crippen molar-refractivity contribution in [2.45, 2.75) is 13.0 Å². The van der Waals surface area contributed by atoms with Crippen LogP contribution in [-0.4, -0.2) is 34.5 Å². The van der Waals surface area contributed by atoms with Gasteiger partial charge in [-0.05, 0) is 35.4 Å². The first-order valence-electron chi connectivity index (χ1n) is 11.6. The van der Waals surface area contributed by atoms with E-state index in [4.69, 9.17) is 9.97 Å². The predicted molar refractivity (Wildman–Crippen MR) is 139 cm³/mol. The number of hydrogen-bond donors (Lipinski definition) is 3. The summed E-state index contributed by atoms with van der Waals surface area (Å²) in [5.74, 6) is 2.50. The van der Waals surface area contributed by atoms with Crippen LogP contribution < -0.4 is 10.6 Å². The Kier molecular flexibility index (Phi) is 5.77. The van der Waals surface area contributed by atoms with Crippen LogP contribution in [0.1, 0.15) is 17.0 Å². The van der Waals surface area contributed by atoms with Crippen molar-refractivity contribution < 1.29 is 0 Å². The van der Waals surface area contributed by atoms with E-state index < -0.39 is 0 Å². The van der Waals surface area contributed by atoms with Crippen molar-refractivity contribution in [3.63, 3.8) is 0 Å². The third-order valence-corrected chi connectivity index (χ3v) is 5.72. The minimum atomic E-state index is 0.446. The van der Waals surface area contributed by atoms with Gasteiger partial charge in [0, 0.05) is 31.0 Å². The van der Waals surface area contributed by atoms with Crippen LogP contribution in [0, 0.1) is 0 Å². The maximum atomic E-state index is 4.79. The summed E-state index contributed by atoms with van der Waals surface area (Å²) in [6, 6.07) is 26.2. The highest BCUT2D eigenvalue weighted by Crippen LogP contribution is 2.24. The zero-order chi connectivity index (χ0) is 24.2. The molecule has 3 heterocycles. The molecule has 0 aliphatic rings. The molecule has 6 aromatic rings. The smallest absolute Gasteiger partial charge is 0.241 e. The quantitative estimate of drug-likeness (QED) is 0.289. The van der Waals surface area contributed by atoms with Crippen LogP contribution in [0.25, 0.3) is 17.0 Å². The van der Waals surface area contributed by atoms with Crippen LogP contribution in [0.3, 0.4) is 0 Å². The van der Waals surface area contributed by atoms with Gasteiger partial charge in [-0.25, -0.2) is 24.5 Å². The molecule has 0 fully saturated rings. The number of imidazole rings is 2. The minimum Gasteiger partial charge on any atom is -0.351 e. The lowest BCUT2D eigenvalue weighted by Gasteiger charge is -2.11. The molecule has 0 saturated heterocycles. The van der Waals surface area contributed by atoms with Gasteiger partial charge in [0.15, 0.2) is 0 Å². The first-order valence-corrected chi connectivity index (χ1v) is 11.6. The van der Waals surface area contributed by atoms with E-state index in [0.29, 0.717) is 30.8 Å². The van der Waals surface area contributed by atoms with Gasteiger partial charge in [0.2, 0.25) is 17.8 Å². The zero-order valence-corrected chi connectivity index (χ0v) is 19.3. The number of aromatic nitrogens is 7. The molecule has 6 rings (SSSR count). The van der Waals surface area contributed by atoms with Gasteiger partial charge in [0.25, 0.3) is 0 Å². The molecule has 0 spiro atoms. The highest BCUT2D eigenvalue weighted by atomic mass is 15.3. The molecule has 3 aromatic carbocycles. The largest absolute Gasteiger partial charge is 0.351 e. The molecule has 176 valence electrons. The van der Waals surface area contributed by atoms with Gasteiger partial charge in [0.05, 0.1) is 11.0 Å². The molecular formula is C27H23N9. The average molecular weight is 474 g/mol. The van der Waals surface area contributed by atoms with Gasteiger partial charge < -0.3 is 15.6 Å². The number of fused-ring (bicyclic) bond motifs is 1. The van der Waals surface area contributed by atoms with Crippen molar-refractivity contribution in [1.29, 1.82) is 0 Å². The second kappa shape index (κ2) is 9.67. The number of hydrogen-bond acceptors (Lipinski definition) is 7. The molecule has 0 bridgehead atoms. The van der Waals surface area contributed by atoms with E-state index in [-0.39, 0.29) is 0 Å². The summed E-state index contributed by atoms with van der Waals surface area (Å²) in [5, 5.41) is 6.74. The summed E-state index contributed by atoms with van der Waals surface area (Å²) in [6.45, 7) is 0.628. The lowest BCUT2D eigenvalue weighted by atomic mass is 10.1. The summed E-state index contributed by atoms with van der Waals surface area (Å²) in [5.41, 5.74) is 4.93. The Hall–Kier alpha value is -5.05. The topological polar surface area (TPSA) is 109 Å². The fraction of sp³-hybridized carbons (Fsp3) is 0.0741. The number of para-hydroxylation sites is 2. The first kappa shape index (κ1) is 21.5. The van der Waals surface area contributed by atoms with Crippen LogP contribution >= 0.6 is 0 Å². The molecule has 0 aliphatic carbocycles. The van der Waals surface area contributed by atoms with E-state index in [2.05, 4.69) is 54.8 Å². The van der Waals surface area contributed by atoms with Crippen LogP contribution in [0.4, 0.5) is 17.6 Å². The van der Waals surface area contributed by atoms with E-state index in [1.54, 1.807) is 6.20 Å². The molecule has 0 saturated carbocycles.